The van der Waals surface area contributed by atoms with E-state index in [-0.39, 0.29) is 18.4 Å². The highest BCUT2D eigenvalue weighted by Gasteiger charge is 2.16. The van der Waals surface area contributed by atoms with Crippen molar-refractivity contribution in [3.63, 3.8) is 0 Å². The third-order valence-electron chi connectivity index (χ3n) is 3.89. The molecule has 7 nitrogen and oxygen atoms in total. The maximum atomic E-state index is 12.3. The summed E-state index contributed by atoms with van der Waals surface area (Å²) in [4.78, 5) is 12.3. The van der Waals surface area contributed by atoms with Gasteiger partial charge in [-0.3, -0.25) is 15.6 Å². The maximum Gasteiger partial charge on any atom is 0.242 e. The Morgan fingerprint density at radius 1 is 1.27 bits per heavy atom. The van der Waals surface area contributed by atoms with Crippen molar-refractivity contribution >= 4 is 23.2 Å². The number of carbonyl (C=O) groups is 1. The lowest BCUT2D eigenvalue weighted by atomic mass is 10.1. The number of methoxy groups -OCH3 is 1. The fraction of sp³-hybridized carbons (Fsp3) is 0.389. The van der Waals surface area contributed by atoms with Crippen molar-refractivity contribution < 1.29 is 9.53 Å². The van der Waals surface area contributed by atoms with Crippen LogP contribution in [0.4, 0.5) is 0 Å². The van der Waals surface area contributed by atoms with Crippen LogP contribution in [0.25, 0.3) is 5.69 Å². The zero-order valence-electron chi connectivity index (χ0n) is 15.5. The third kappa shape index (κ3) is 5.27. The van der Waals surface area contributed by atoms with Gasteiger partial charge in [-0.05, 0) is 45.1 Å². The van der Waals surface area contributed by atoms with Crippen molar-refractivity contribution in [3.8, 4) is 5.69 Å². The SMILES string of the molecule is COC[C@@H](C)NC(=S)NNC(=O)Cc1c(C)nn(-c2ccccc2)c1C. The van der Waals surface area contributed by atoms with E-state index in [4.69, 9.17) is 17.0 Å². The summed E-state index contributed by atoms with van der Waals surface area (Å²) in [5.74, 6) is -0.188. The molecule has 0 spiro atoms. The highest BCUT2D eigenvalue weighted by molar-refractivity contribution is 7.80. The van der Waals surface area contributed by atoms with Gasteiger partial charge in [0.25, 0.3) is 0 Å². The fourth-order valence-electron chi connectivity index (χ4n) is 2.63. The summed E-state index contributed by atoms with van der Waals surface area (Å²) in [7, 11) is 1.62. The van der Waals surface area contributed by atoms with Crippen molar-refractivity contribution in [2.45, 2.75) is 33.2 Å². The fourth-order valence-corrected chi connectivity index (χ4v) is 2.89. The lowest BCUT2D eigenvalue weighted by Gasteiger charge is -2.16. The minimum atomic E-state index is -0.188. The van der Waals surface area contributed by atoms with Crippen molar-refractivity contribution in [1.82, 2.24) is 25.9 Å². The van der Waals surface area contributed by atoms with Crippen LogP contribution in [0.5, 0.6) is 0 Å². The van der Waals surface area contributed by atoms with E-state index in [2.05, 4.69) is 21.3 Å². The second-order valence-electron chi connectivity index (χ2n) is 6.08. The molecule has 2 aromatic rings. The molecule has 0 radical (unpaired) electrons. The molecular weight excluding hydrogens is 350 g/mol. The predicted molar refractivity (Wildman–Crippen MR) is 105 cm³/mol. The first-order valence-electron chi connectivity index (χ1n) is 8.37. The van der Waals surface area contributed by atoms with E-state index in [1.54, 1.807) is 7.11 Å². The molecule has 0 saturated heterocycles. The molecule has 2 rings (SSSR count). The van der Waals surface area contributed by atoms with Gasteiger partial charge in [-0.25, -0.2) is 4.68 Å². The Hall–Kier alpha value is -2.45. The topological polar surface area (TPSA) is 80.2 Å². The molecule has 1 amide bonds. The number of thiocarbonyl (C=S) groups is 1. The lowest BCUT2D eigenvalue weighted by Crippen LogP contribution is -2.50. The standard InChI is InChI=1S/C18H25N5O2S/c1-12(11-25-4)19-18(26)21-20-17(24)10-16-13(2)22-23(14(16)3)15-8-6-5-7-9-15/h5-9,12H,10-11H2,1-4H3,(H,20,24)(H2,19,21,26)/t12-/m1/s1. The van der Waals surface area contributed by atoms with Crippen LogP contribution >= 0.6 is 12.2 Å². The molecule has 0 aliphatic heterocycles. The van der Waals surface area contributed by atoms with Gasteiger partial charge in [0.15, 0.2) is 5.11 Å². The van der Waals surface area contributed by atoms with E-state index in [9.17, 15) is 4.79 Å². The van der Waals surface area contributed by atoms with E-state index in [1.807, 2.05) is 55.8 Å². The van der Waals surface area contributed by atoms with Crippen LogP contribution in [0.2, 0.25) is 0 Å². The maximum absolute atomic E-state index is 12.3. The van der Waals surface area contributed by atoms with Crippen LogP contribution in [0.15, 0.2) is 30.3 Å². The Balaban J connectivity index is 1.95. The van der Waals surface area contributed by atoms with Crippen LogP contribution in [0.1, 0.15) is 23.9 Å². The summed E-state index contributed by atoms with van der Waals surface area (Å²) in [6.07, 6.45) is 0.216. The summed E-state index contributed by atoms with van der Waals surface area (Å²) >= 11 is 5.14. The number of nitrogens with one attached hydrogen (secondary N) is 3. The van der Waals surface area contributed by atoms with Gasteiger partial charge in [0.05, 0.1) is 24.4 Å². The Morgan fingerprint density at radius 2 is 1.96 bits per heavy atom. The summed E-state index contributed by atoms with van der Waals surface area (Å²) in [5.41, 5.74) is 8.96. The molecule has 0 aliphatic rings. The highest BCUT2D eigenvalue weighted by Crippen LogP contribution is 2.18. The molecule has 0 aliphatic carbocycles. The normalized spacial score (nSPS) is 11.7. The number of aryl methyl sites for hydroxylation is 1. The molecule has 140 valence electrons. The van der Waals surface area contributed by atoms with E-state index in [1.165, 1.54) is 0 Å². The Labute approximate surface area is 159 Å². The van der Waals surface area contributed by atoms with E-state index < -0.39 is 0 Å². The molecule has 0 saturated carbocycles. The molecule has 1 heterocycles. The summed E-state index contributed by atoms with van der Waals surface area (Å²) in [5, 5.41) is 7.91. The monoisotopic (exact) mass is 375 g/mol. The molecule has 0 unspecified atom stereocenters. The summed E-state index contributed by atoms with van der Waals surface area (Å²) in [6, 6.07) is 9.89. The lowest BCUT2D eigenvalue weighted by molar-refractivity contribution is -0.121. The second kappa shape index (κ2) is 9.30. The third-order valence-corrected chi connectivity index (χ3v) is 4.11. The first-order chi connectivity index (χ1) is 12.4. The van der Waals surface area contributed by atoms with E-state index in [0.717, 1.165) is 22.6 Å². The summed E-state index contributed by atoms with van der Waals surface area (Å²) in [6.45, 7) is 6.32. The number of hydrogen-bond acceptors (Lipinski definition) is 4. The molecular formula is C18H25N5O2S. The Morgan fingerprint density at radius 3 is 2.62 bits per heavy atom. The molecule has 26 heavy (non-hydrogen) atoms. The first-order valence-corrected chi connectivity index (χ1v) is 8.78. The Bertz CT molecular complexity index is 760. The molecule has 1 aromatic heterocycles. The second-order valence-corrected chi connectivity index (χ2v) is 6.48. The van der Waals surface area contributed by atoms with Gasteiger partial charge in [-0.1, -0.05) is 18.2 Å². The highest BCUT2D eigenvalue weighted by atomic mass is 32.1. The van der Waals surface area contributed by atoms with Crippen molar-refractivity contribution in [2.75, 3.05) is 13.7 Å². The predicted octanol–water partition coefficient (Wildman–Crippen LogP) is 1.56. The molecule has 0 fully saturated rings. The number of nitrogens with zero attached hydrogens (tertiary/aromatic N) is 2. The number of hydrazine groups is 1. The average molecular weight is 375 g/mol. The number of benzene rings is 1. The minimum Gasteiger partial charge on any atom is -0.383 e. The van der Waals surface area contributed by atoms with Gasteiger partial charge in [0, 0.05) is 24.4 Å². The number of rotatable bonds is 6. The molecule has 1 aromatic carbocycles. The zero-order valence-corrected chi connectivity index (χ0v) is 16.3. The average Bonchev–Trinajstić information content (AvgIpc) is 2.89. The number of amides is 1. The molecule has 0 bridgehead atoms. The van der Waals surface area contributed by atoms with E-state index in [0.29, 0.717) is 11.7 Å². The van der Waals surface area contributed by atoms with E-state index >= 15 is 0 Å². The number of carbonyl (C=O) groups excluding carboxylic acids is 1. The van der Waals surface area contributed by atoms with Crippen LogP contribution in [0.3, 0.4) is 0 Å². The Kier molecular flexibility index (Phi) is 7.11. The molecule has 3 N–H and O–H groups in total. The number of ether oxygens (including phenoxy) is 1. The quantitative estimate of drug-likeness (QED) is 0.525. The van der Waals surface area contributed by atoms with Crippen molar-refractivity contribution in [1.29, 1.82) is 0 Å². The van der Waals surface area contributed by atoms with Gasteiger partial charge in [-0.15, -0.1) is 0 Å². The van der Waals surface area contributed by atoms with Crippen LogP contribution in [-0.2, 0) is 16.0 Å². The summed E-state index contributed by atoms with van der Waals surface area (Å²) < 4.78 is 6.88. The number of hydrogen-bond donors (Lipinski definition) is 3. The van der Waals surface area contributed by atoms with Crippen LogP contribution < -0.4 is 16.2 Å². The smallest absolute Gasteiger partial charge is 0.242 e. The van der Waals surface area contributed by atoms with Gasteiger partial charge in [0.1, 0.15) is 0 Å². The van der Waals surface area contributed by atoms with Crippen LogP contribution in [0, 0.1) is 13.8 Å². The van der Waals surface area contributed by atoms with Gasteiger partial charge in [0.2, 0.25) is 5.91 Å². The number of aromatic nitrogens is 2. The largest absolute Gasteiger partial charge is 0.383 e. The van der Waals surface area contributed by atoms with Gasteiger partial charge in [-0.2, -0.15) is 5.10 Å². The molecule has 8 heteroatoms. The van der Waals surface area contributed by atoms with Gasteiger partial charge < -0.3 is 10.1 Å². The van der Waals surface area contributed by atoms with Gasteiger partial charge >= 0.3 is 0 Å². The minimum absolute atomic E-state index is 0.0468. The van der Waals surface area contributed by atoms with Crippen molar-refractivity contribution in [2.24, 2.45) is 0 Å². The van der Waals surface area contributed by atoms with Crippen molar-refractivity contribution in [3.05, 3.63) is 47.3 Å². The number of para-hydroxylation sites is 1. The zero-order chi connectivity index (χ0) is 19.1. The first kappa shape index (κ1) is 19.9. The van der Waals surface area contributed by atoms with Crippen LogP contribution in [-0.4, -0.2) is 40.6 Å². The molecule has 1 atom stereocenters.